The molecule has 1 aromatic rings. The Morgan fingerprint density at radius 3 is 2.53 bits per heavy atom. The lowest BCUT2D eigenvalue weighted by Gasteiger charge is -2.25. The lowest BCUT2D eigenvalue weighted by Crippen LogP contribution is -2.36. The van der Waals surface area contributed by atoms with Gasteiger partial charge in [-0.1, -0.05) is 53.9 Å². The summed E-state index contributed by atoms with van der Waals surface area (Å²) >= 11 is 3.45. The molecule has 1 rings (SSSR count). The maximum absolute atomic E-state index is 12.3. The van der Waals surface area contributed by atoms with E-state index in [1.54, 1.807) is 0 Å². The van der Waals surface area contributed by atoms with E-state index in [-0.39, 0.29) is 5.78 Å². The predicted molar refractivity (Wildman–Crippen MR) is 84.7 cm³/mol. The number of ketones is 1. The Labute approximate surface area is 125 Å². The Balaban J connectivity index is 2.63. The lowest BCUT2D eigenvalue weighted by molar-refractivity contribution is 0.0903. The highest BCUT2D eigenvalue weighted by molar-refractivity contribution is 9.10. The van der Waals surface area contributed by atoms with Crippen LogP contribution in [0, 0.1) is 0 Å². The molecule has 0 saturated heterocycles. The molecular formula is C16H24BrNO. The number of hydrogen-bond acceptors (Lipinski definition) is 2. The molecule has 106 valence electrons. The number of carbonyl (C=O) groups is 1. The molecule has 0 fully saturated rings. The summed E-state index contributed by atoms with van der Waals surface area (Å²) in [4.78, 5) is 14.6. The molecule has 0 aliphatic carbocycles. The van der Waals surface area contributed by atoms with Crippen molar-refractivity contribution < 1.29 is 4.79 Å². The Morgan fingerprint density at radius 2 is 1.95 bits per heavy atom. The van der Waals surface area contributed by atoms with Crippen LogP contribution in [0.2, 0.25) is 0 Å². The van der Waals surface area contributed by atoms with Gasteiger partial charge in [0.1, 0.15) is 0 Å². The monoisotopic (exact) mass is 325 g/mol. The maximum atomic E-state index is 12.3. The molecule has 0 radical (unpaired) electrons. The molecule has 0 unspecified atom stereocenters. The number of rotatable bonds is 8. The SMILES string of the molecule is CCCCCN(CC(=O)c1ccccc1Br)C(C)C. The van der Waals surface area contributed by atoms with E-state index < -0.39 is 0 Å². The highest BCUT2D eigenvalue weighted by atomic mass is 79.9. The quantitative estimate of drug-likeness (QED) is 0.517. The normalized spacial score (nSPS) is 11.3. The van der Waals surface area contributed by atoms with E-state index in [1.807, 2.05) is 24.3 Å². The second kappa shape index (κ2) is 8.49. The van der Waals surface area contributed by atoms with Crippen LogP contribution in [0.4, 0.5) is 0 Å². The Morgan fingerprint density at radius 1 is 1.26 bits per heavy atom. The van der Waals surface area contributed by atoms with Crippen LogP contribution in [0.3, 0.4) is 0 Å². The molecule has 0 heterocycles. The molecule has 0 spiro atoms. The summed E-state index contributed by atoms with van der Waals surface area (Å²) in [5.41, 5.74) is 0.781. The van der Waals surface area contributed by atoms with Gasteiger partial charge in [-0.15, -0.1) is 0 Å². The molecule has 0 aliphatic heterocycles. The number of benzene rings is 1. The van der Waals surface area contributed by atoms with Gasteiger partial charge in [0.05, 0.1) is 6.54 Å². The summed E-state index contributed by atoms with van der Waals surface area (Å²) in [7, 11) is 0. The summed E-state index contributed by atoms with van der Waals surface area (Å²) in [6, 6.07) is 8.06. The van der Waals surface area contributed by atoms with Gasteiger partial charge >= 0.3 is 0 Å². The Bertz CT molecular complexity index is 403. The average Bonchev–Trinajstić information content (AvgIpc) is 2.38. The zero-order chi connectivity index (χ0) is 14.3. The van der Waals surface area contributed by atoms with E-state index in [0.717, 1.165) is 23.0 Å². The Hall–Kier alpha value is -0.670. The predicted octanol–water partition coefficient (Wildman–Crippen LogP) is 4.53. The minimum atomic E-state index is 0.192. The summed E-state index contributed by atoms with van der Waals surface area (Å²) in [6.07, 6.45) is 3.61. The van der Waals surface area contributed by atoms with Crippen molar-refractivity contribution in [3.63, 3.8) is 0 Å². The van der Waals surface area contributed by atoms with E-state index in [0.29, 0.717) is 12.6 Å². The van der Waals surface area contributed by atoms with Gasteiger partial charge in [0.2, 0.25) is 0 Å². The number of Topliss-reactive ketones (excluding diaryl/α,β-unsaturated/α-hetero) is 1. The van der Waals surface area contributed by atoms with Crippen molar-refractivity contribution in [1.82, 2.24) is 4.90 Å². The van der Waals surface area contributed by atoms with Crippen molar-refractivity contribution >= 4 is 21.7 Å². The van der Waals surface area contributed by atoms with Crippen LogP contribution < -0.4 is 0 Å². The fourth-order valence-corrected chi connectivity index (χ4v) is 2.55. The van der Waals surface area contributed by atoms with Crippen molar-refractivity contribution in [2.75, 3.05) is 13.1 Å². The largest absolute Gasteiger partial charge is 0.293 e. The third kappa shape index (κ3) is 5.45. The molecule has 0 bridgehead atoms. The van der Waals surface area contributed by atoms with Crippen molar-refractivity contribution in [3.05, 3.63) is 34.3 Å². The fraction of sp³-hybridized carbons (Fsp3) is 0.562. The Kier molecular flexibility index (Phi) is 7.32. The second-order valence-corrected chi connectivity index (χ2v) is 6.03. The number of hydrogen-bond donors (Lipinski definition) is 0. The van der Waals surface area contributed by atoms with E-state index in [4.69, 9.17) is 0 Å². The van der Waals surface area contributed by atoms with Crippen molar-refractivity contribution in [2.45, 2.75) is 46.1 Å². The van der Waals surface area contributed by atoms with Crippen molar-refractivity contribution in [2.24, 2.45) is 0 Å². The smallest absolute Gasteiger partial charge is 0.177 e. The van der Waals surface area contributed by atoms with Crippen LogP contribution in [0.15, 0.2) is 28.7 Å². The molecule has 0 aliphatic rings. The van der Waals surface area contributed by atoms with Crippen LogP contribution in [-0.2, 0) is 0 Å². The number of nitrogens with zero attached hydrogens (tertiary/aromatic N) is 1. The van der Waals surface area contributed by atoms with E-state index in [2.05, 4.69) is 41.6 Å². The summed E-state index contributed by atoms with van der Waals surface area (Å²) in [5, 5.41) is 0. The van der Waals surface area contributed by atoms with Gasteiger partial charge in [0.25, 0.3) is 0 Å². The van der Waals surface area contributed by atoms with Crippen molar-refractivity contribution in [3.8, 4) is 0 Å². The summed E-state index contributed by atoms with van der Waals surface area (Å²) in [6.45, 7) is 8.01. The minimum absolute atomic E-state index is 0.192. The van der Waals surface area contributed by atoms with E-state index in [9.17, 15) is 4.79 Å². The number of unbranched alkanes of at least 4 members (excludes halogenated alkanes) is 2. The molecule has 0 saturated carbocycles. The number of carbonyl (C=O) groups excluding carboxylic acids is 1. The topological polar surface area (TPSA) is 20.3 Å². The van der Waals surface area contributed by atoms with Crippen LogP contribution in [0.25, 0.3) is 0 Å². The molecule has 3 heteroatoms. The van der Waals surface area contributed by atoms with Gasteiger partial charge in [0.15, 0.2) is 5.78 Å². The summed E-state index contributed by atoms with van der Waals surface area (Å²) in [5.74, 6) is 0.192. The zero-order valence-corrected chi connectivity index (χ0v) is 13.7. The average molecular weight is 326 g/mol. The van der Waals surface area contributed by atoms with Gasteiger partial charge in [-0.25, -0.2) is 0 Å². The van der Waals surface area contributed by atoms with Crippen molar-refractivity contribution in [1.29, 1.82) is 0 Å². The van der Waals surface area contributed by atoms with Gasteiger partial charge in [-0.3, -0.25) is 9.69 Å². The fourth-order valence-electron chi connectivity index (χ4n) is 2.04. The first-order chi connectivity index (χ1) is 9.06. The number of halogens is 1. The highest BCUT2D eigenvalue weighted by Gasteiger charge is 2.16. The first-order valence-corrected chi connectivity index (χ1v) is 7.87. The standard InChI is InChI=1S/C16H24BrNO/c1-4-5-8-11-18(13(2)3)12-16(19)14-9-6-7-10-15(14)17/h6-7,9-10,13H,4-5,8,11-12H2,1-3H3. The van der Waals surface area contributed by atoms with E-state index in [1.165, 1.54) is 12.8 Å². The van der Waals surface area contributed by atoms with Gasteiger partial charge in [-0.05, 0) is 32.9 Å². The molecule has 2 nitrogen and oxygen atoms in total. The van der Waals surface area contributed by atoms with Gasteiger partial charge in [0, 0.05) is 16.1 Å². The first-order valence-electron chi connectivity index (χ1n) is 7.08. The molecular weight excluding hydrogens is 302 g/mol. The molecule has 0 N–H and O–H groups in total. The molecule has 0 amide bonds. The van der Waals surface area contributed by atoms with Gasteiger partial charge in [-0.2, -0.15) is 0 Å². The summed E-state index contributed by atoms with van der Waals surface area (Å²) < 4.78 is 0.886. The highest BCUT2D eigenvalue weighted by Crippen LogP contribution is 2.17. The van der Waals surface area contributed by atoms with E-state index >= 15 is 0 Å². The molecule has 0 aromatic heterocycles. The first kappa shape index (κ1) is 16.4. The minimum Gasteiger partial charge on any atom is -0.293 e. The molecule has 19 heavy (non-hydrogen) atoms. The zero-order valence-electron chi connectivity index (χ0n) is 12.2. The van der Waals surface area contributed by atoms with Crippen LogP contribution >= 0.6 is 15.9 Å². The van der Waals surface area contributed by atoms with Crippen LogP contribution in [0.5, 0.6) is 0 Å². The van der Waals surface area contributed by atoms with Crippen LogP contribution in [-0.4, -0.2) is 29.8 Å². The molecule has 1 aromatic carbocycles. The molecule has 0 atom stereocenters. The van der Waals surface area contributed by atoms with Gasteiger partial charge < -0.3 is 0 Å². The van der Waals surface area contributed by atoms with Crippen LogP contribution in [0.1, 0.15) is 50.4 Å². The lowest BCUT2D eigenvalue weighted by atomic mass is 10.1. The third-order valence-electron chi connectivity index (χ3n) is 3.30. The second-order valence-electron chi connectivity index (χ2n) is 5.17. The maximum Gasteiger partial charge on any atom is 0.177 e. The third-order valence-corrected chi connectivity index (χ3v) is 3.99.